The molecule has 0 fully saturated rings. The van der Waals surface area contributed by atoms with Crippen LogP contribution in [0.15, 0.2) is 29.4 Å². The van der Waals surface area contributed by atoms with Gasteiger partial charge in [-0.15, -0.1) is 0 Å². The predicted octanol–water partition coefficient (Wildman–Crippen LogP) is 4.21. The highest BCUT2D eigenvalue weighted by atomic mass is 35.5. The van der Waals surface area contributed by atoms with Gasteiger partial charge in [-0.05, 0) is 43.3 Å². The highest BCUT2D eigenvalue weighted by Gasteiger charge is 2.06. The zero-order valence-electron chi connectivity index (χ0n) is 11.6. The largest absolute Gasteiger partial charge is 0.250 e. The van der Waals surface area contributed by atoms with Gasteiger partial charge < -0.3 is 0 Å². The first kappa shape index (κ1) is 14.9. The van der Waals surface area contributed by atoms with Crippen molar-refractivity contribution >= 4 is 29.5 Å². The molecule has 0 bridgehead atoms. The Labute approximate surface area is 128 Å². The number of hydrogen-bond donors (Lipinski definition) is 1. The Hall–Kier alpha value is -1.46. The lowest BCUT2D eigenvalue weighted by molar-refractivity contribution is 0.698. The maximum Gasteiger partial charge on any atom is 0.216 e. The number of aromatic amines is 1. The molecule has 1 aromatic heterocycles. The van der Waals surface area contributed by atoms with Gasteiger partial charge in [0.2, 0.25) is 4.77 Å². The van der Waals surface area contributed by atoms with Gasteiger partial charge >= 0.3 is 0 Å². The fourth-order valence-corrected chi connectivity index (χ4v) is 2.14. The summed E-state index contributed by atoms with van der Waals surface area (Å²) in [4.78, 5) is 0. The lowest BCUT2D eigenvalue weighted by Gasteiger charge is -2.04. The van der Waals surface area contributed by atoms with Crippen LogP contribution in [0.5, 0.6) is 0 Å². The fourth-order valence-electron chi connectivity index (χ4n) is 1.82. The van der Waals surface area contributed by atoms with Crippen molar-refractivity contribution in [3.05, 3.63) is 45.4 Å². The van der Waals surface area contributed by atoms with Crippen LogP contribution < -0.4 is 0 Å². The Kier molecular flexibility index (Phi) is 5.09. The van der Waals surface area contributed by atoms with Gasteiger partial charge in [0.25, 0.3) is 0 Å². The van der Waals surface area contributed by atoms with E-state index < -0.39 is 0 Å². The first-order valence-corrected chi connectivity index (χ1v) is 7.38. The van der Waals surface area contributed by atoms with E-state index in [0.29, 0.717) is 9.79 Å². The second kappa shape index (κ2) is 6.81. The number of H-pyrrole nitrogens is 1. The van der Waals surface area contributed by atoms with Gasteiger partial charge in [-0.1, -0.05) is 37.1 Å². The maximum atomic E-state index is 5.89. The third kappa shape index (κ3) is 3.55. The van der Waals surface area contributed by atoms with Gasteiger partial charge in [-0.2, -0.15) is 14.9 Å². The van der Waals surface area contributed by atoms with E-state index in [2.05, 4.69) is 22.2 Å². The number of hydrogen-bond acceptors (Lipinski definition) is 3. The smallest absolute Gasteiger partial charge is 0.216 e. The summed E-state index contributed by atoms with van der Waals surface area (Å²) in [6, 6.07) is 7.58. The Bertz CT molecular complexity index is 655. The molecule has 0 amide bonds. The monoisotopic (exact) mass is 308 g/mol. The summed E-state index contributed by atoms with van der Waals surface area (Å²) in [7, 11) is 0. The standard InChI is InChI=1S/C14H17ClN4S/c1-3-4-5-13-16-17-14(20)19(13)18-10(2)11-6-8-12(15)9-7-11/h6-9H,3-5H2,1-2H3,(H,17,20)/b18-10-. The molecule has 0 saturated heterocycles. The second-order valence-electron chi connectivity index (χ2n) is 4.55. The van der Waals surface area contributed by atoms with Gasteiger partial charge in [0.1, 0.15) is 0 Å². The Morgan fingerprint density at radius 3 is 2.75 bits per heavy atom. The van der Waals surface area contributed by atoms with Gasteiger partial charge in [-0.25, -0.2) is 0 Å². The lowest BCUT2D eigenvalue weighted by Crippen LogP contribution is -2.04. The second-order valence-corrected chi connectivity index (χ2v) is 5.38. The van der Waals surface area contributed by atoms with Crippen LogP contribution in [0, 0.1) is 4.77 Å². The molecule has 0 unspecified atom stereocenters. The molecular weight excluding hydrogens is 292 g/mol. The minimum atomic E-state index is 0.518. The van der Waals surface area contributed by atoms with Crippen LogP contribution in [0.3, 0.4) is 0 Å². The van der Waals surface area contributed by atoms with Gasteiger partial charge in [0, 0.05) is 11.4 Å². The van der Waals surface area contributed by atoms with Crippen molar-refractivity contribution in [3.63, 3.8) is 0 Å². The molecule has 0 aliphatic heterocycles. The quantitative estimate of drug-likeness (QED) is 0.664. The van der Waals surface area contributed by atoms with Crippen LogP contribution in [-0.4, -0.2) is 20.6 Å². The normalized spacial score (nSPS) is 11.8. The molecule has 1 N–H and O–H groups in total. The van der Waals surface area contributed by atoms with Crippen LogP contribution in [0.2, 0.25) is 5.02 Å². The number of unbranched alkanes of at least 4 members (excludes halogenated alkanes) is 1. The zero-order chi connectivity index (χ0) is 14.5. The minimum Gasteiger partial charge on any atom is -0.250 e. The average molecular weight is 309 g/mol. The van der Waals surface area contributed by atoms with Crippen molar-refractivity contribution in [3.8, 4) is 0 Å². The molecule has 2 aromatic rings. The van der Waals surface area contributed by atoms with Crippen LogP contribution in [0.25, 0.3) is 0 Å². The van der Waals surface area contributed by atoms with Crippen molar-refractivity contribution in [1.82, 2.24) is 14.9 Å². The van der Waals surface area contributed by atoms with Crippen molar-refractivity contribution in [2.24, 2.45) is 5.10 Å². The molecule has 0 atom stereocenters. The van der Waals surface area contributed by atoms with E-state index in [1.807, 2.05) is 31.2 Å². The number of aryl methyl sites for hydroxylation is 1. The Morgan fingerprint density at radius 2 is 2.10 bits per heavy atom. The van der Waals surface area contributed by atoms with E-state index in [1.54, 1.807) is 4.68 Å². The molecule has 1 heterocycles. The average Bonchev–Trinajstić information content (AvgIpc) is 2.78. The predicted molar refractivity (Wildman–Crippen MR) is 85.1 cm³/mol. The van der Waals surface area contributed by atoms with Gasteiger partial charge in [0.05, 0.1) is 5.71 Å². The van der Waals surface area contributed by atoms with Crippen LogP contribution in [0.4, 0.5) is 0 Å². The summed E-state index contributed by atoms with van der Waals surface area (Å²) in [5, 5.41) is 12.3. The summed E-state index contributed by atoms with van der Waals surface area (Å²) in [5.74, 6) is 0.866. The van der Waals surface area contributed by atoms with E-state index in [0.717, 1.165) is 36.4 Å². The zero-order valence-corrected chi connectivity index (χ0v) is 13.1. The van der Waals surface area contributed by atoms with Crippen molar-refractivity contribution < 1.29 is 0 Å². The lowest BCUT2D eigenvalue weighted by atomic mass is 10.1. The molecule has 0 radical (unpaired) electrons. The highest BCUT2D eigenvalue weighted by molar-refractivity contribution is 7.71. The molecule has 0 saturated carbocycles. The van der Waals surface area contributed by atoms with Crippen LogP contribution >= 0.6 is 23.8 Å². The summed E-state index contributed by atoms with van der Waals surface area (Å²) >= 11 is 11.1. The first-order chi connectivity index (χ1) is 9.61. The number of halogens is 1. The number of benzene rings is 1. The molecule has 1 aromatic carbocycles. The molecule has 4 nitrogen and oxygen atoms in total. The maximum absolute atomic E-state index is 5.89. The number of nitrogens with zero attached hydrogens (tertiary/aromatic N) is 3. The molecule has 0 aliphatic carbocycles. The summed E-state index contributed by atoms with van der Waals surface area (Å²) < 4.78 is 2.22. The van der Waals surface area contributed by atoms with Crippen molar-refractivity contribution in [1.29, 1.82) is 0 Å². The highest BCUT2D eigenvalue weighted by Crippen LogP contribution is 2.11. The van der Waals surface area contributed by atoms with E-state index in [4.69, 9.17) is 23.8 Å². The summed E-state index contributed by atoms with van der Waals surface area (Å²) in [6.07, 6.45) is 3.04. The third-order valence-corrected chi connectivity index (χ3v) is 3.50. The molecule has 0 aliphatic rings. The van der Waals surface area contributed by atoms with Crippen molar-refractivity contribution in [2.45, 2.75) is 33.1 Å². The number of aromatic nitrogens is 3. The van der Waals surface area contributed by atoms with E-state index in [9.17, 15) is 0 Å². The van der Waals surface area contributed by atoms with Crippen LogP contribution in [-0.2, 0) is 6.42 Å². The molecule has 20 heavy (non-hydrogen) atoms. The van der Waals surface area contributed by atoms with Gasteiger partial charge in [0.15, 0.2) is 5.82 Å². The van der Waals surface area contributed by atoms with E-state index in [-0.39, 0.29) is 0 Å². The Morgan fingerprint density at radius 1 is 1.40 bits per heavy atom. The first-order valence-electron chi connectivity index (χ1n) is 6.59. The van der Waals surface area contributed by atoms with Gasteiger partial charge in [-0.3, -0.25) is 5.10 Å². The summed E-state index contributed by atoms with van der Waals surface area (Å²) in [6.45, 7) is 4.09. The molecule has 6 heteroatoms. The van der Waals surface area contributed by atoms with E-state index in [1.165, 1.54) is 0 Å². The minimum absolute atomic E-state index is 0.518. The summed E-state index contributed by atoms with van der Waals surface area (Å²) in [5.41, 5.74) is 1.89. The SMILES string of the molecule is CCCCc1n[nH]c(=S)n1/N=C(/C)c1ccc(Cl)cc1. The molecular formula is C14H17ClN4S. The fraction of sp³-hybridized carbons (Fsp3) is 0.357. The van der Waals surface area contributed by atoms with E-state index >= 15 is 0 Å². The number of rotatable bonds is 5. The topological polar surface area (TPSA) is 46.0 Å². The molecule has 0 spiro atoms. The molecule has 106 valence electrons. The van der Waals surface area contributed by atoms with Crippen molar-refractivity contribution in [2.75, 3.05) is 0 Å². The third-order valence-electron chi connectivity index (χ3n) is 2.98. The number of nitrogens with one attached hydrogen (secondary N) is 1. The molecule has 2 rings (SSSR count). The Balaban J connectivity index is 2.31. The van der Waals surface area contributed by atoms with Crippen LogP contribution in [0.1, 0.15) is 38.1 Å².